The zero-order valence-corrected chi connectivity index (χ0v) is 21.3. The van der Waals surface area contributed by atoms with Crippen molar-refractivity contribution in [3.63, 3.8) is 0 Å². The van der Waals surface area contributed by atoms with E-state index in [1.165, 1.54) is 11.1 Å². The van der Waals surface area contributed by atoms with Crippen LogP contribution in [0.3, 0.4) is 0 Å². The Labute approximate surface area is 199 Å². The number of hydrogen-bond donors (Lipinski definition) is 1. The summed E-state index contributed by atoms with van der Waals surface area (Å²) in [5.41, 5.74) is 2.64. The first-order chi connectivity index (χ1) is 14.0. The fourth-order valence-corrected chi connectivity index (χ4v) is 4.27. The van der Waals surface area contributed by atoms with Crippen LogP contribution < -0.4 is 5.32 Å². The monoisotopic (exact) mass is 527 g/mol. The third-order valence-electron chi connectivity index (χ3n) is 6.36. The van der Waals surface area contributed by atoms with E-state index >= 15 is 0 Å². The fourth-order valence-electron chi connectivity index (χ4n) is 4.27. The van der Waals surface area contributed by atoms with E-state index in [0.717, 1.165) is 64.6 Å². The van der Waals surface area contributed by atoms with Gasteiger partial charge in [0.05, 0.1) is 6.04 Å². The Morgan fingerprint density at radius 3 is 2.17 bits per heavy atom. The molecule has 168 valence electrons. The molecule has 0 aromatic heterocycles. The third-order valence-corrected chi connectivity index (χ3v) is 6.36. The molecular weight excluding hydrogens is 489 g/mol. The lowest BCUT2D eigenvalue weighted by atomic mass is 10.0. The minimum absolute atomic E-state index is 0. The van der Waals surface area contributed by atoms with Gasteiger partial charge in [-0.25, -0.2) is 0 Å². The van der Waals surface area contributed by atoms with Crippen LogP contribution in [0.25, 0.3) is 0 Å². The molecular formula is C23H38IN5O. The number of nitrogens with one attached hydrogen (secondary N) is 1. The number of rotatable bonds is 5. The van der Waals surface area contributed by atoms with E-state index in [4.69, 9.17) is 0 Å². The summed E-state index contributed by atoms with van der Waals surface area (Å²) in [7, 11) is 1.85. The van der Waals surface area contributed by atoms with Crippen LogP contribution in [-0.2, 0) is 4.79 Å². The second-order valence-corrected chi connectivity index (χ2v) is 8.47. The van der Waals surface area contributed by atoms with Gasteiger partial charge < -0.3 is 15.1 Å². The largest absolute Gasteiger partial charge is 0.356 e. The van der Waals surface area contributed by atoms with E-state index in [1.54, 1.807) is 0 Å². The number of likely N-dealkylation sites (tertiary alicyclic amines) is 1. The molecule has 0 spiro atoms. The highest BCUT2D eigenvalue weighted by Crippen LogP contribution is 2.16. The number of guanidine groups is 1. The molecule has 2 aliphatic rings. The smallest absolute Gasteiger partial charge is 0.239 e. The van der Waals surface area contributed by atoms with Crippen molar-refractivity contribution >= 4 is 35.8 Å². The van der Waals surface area contributed by atoms with Crippen molar-refractivity contribution in [3.05, 3.63) is 35.4 Å². The number of aliphatic imine (C=N–C) groups is 1. The second-order valence-electron chi connectivity index (χ2n) is 8.47. The number of benzene rings is 1. The summed E-state index contributed by atoms with van der Waals surface area (Å²) in [5.74, 6) is 1.68. The van der Waals surface area contributed by atoms with Gasteiger partial charge in [0.2, 0.25) is 5.91 Å². The molecule has 30 heavy (non-hydrogen) atoms. The molecule has 1 amide bonds. The molecule has 0 saturated carbocycles. The average molecular weight is 527 g/mol. The number of piperazine rings is 1. The summed E-state index contributed by atoms with van der Waals surface area (Å²) in [4.78, 5) is 23.8. The van der Waals surface area contributed by atoms with E-state index in [-0.39, 0.29) is 30.0 Å². The van der Waals surface area contributed by atoms with E-state index < -0.39 is 0 Å². The fraction of sp³-hybridized carbons (Fsp3) is 0.652. The number of nitrogens with zero attached hydrogens (tertiary/aromatic N) is 4. The normalized spacial score (nSPS) is 19.9. The molecule has 2 saturated heterocycles. The summed E-state index contributed by atoms with van der Waals surface area (Å²) < 4.78 is 0. The molecule has 7 heteroatoms. The summed E-state index contributed by atoms with van der Waals surface area (Å²) in [5, 5.41) is 3.55. The molecule has 1 N–H and O–H groups in total. The maximum absolute atomic E-state index is 12.7. The Hall–Kier alpha value is -1.35. The van der Waals surface area contributed by atoms with Crippen molar-refractivity contribution in [2.24, 2.45) is 4.99 Å². The standard InChI is InChI=1S/C23H37N5O.HI/c1-18-7-9-21(10-8-18)19(2)17-25-23(24-4)28-15-13-26(14-16-28)20(3)22(29)27-11-5-6-12-27;/h7-10,19-20H,5-6,11-17H2,1-4H3,(H,24,25);1H. The number of aryl methyl sites for hydroxylation is 1. The molecule has 0 aliphatic carbocycles. The predicted octanol–water partition coefficient (Wildman–Crippen LogP) is 2.92. The van der Waals surface area contributed by atoms with Gasteiger partial charge in [-0.2, -0.15) is 0 Å². The predicted molar refractivity (Wildman–Crippen MR) is 135 cm³/mol. The highest BCUT2D eigenvalue weighted by Gasteiger charge is 2.30. The van der Waals surface area contributed by atoms with Crippen molar-refractivity contribution in [3.8, 4) is 0 Å². The van der Waals surface area contributed by atoms with Crippen LogP contribution in [0.4, 0.5) is 0 Å². The molecule has 0 radical (unpaired) electrons. The molecule has 1 aromatic carbocycles. The summed E-state index contributed by atoms with van der Waals surface area (Å²) in [6.45, 7) is 12.7. The van der Waals surface area contributed by atoms with Crippen molar-refractivity contribution in [1.82, 2.24) is 20.0 Å². The molecule has 2 unspecified atom stereocenters. The average Bonchev–Trinajstić information content (AvgIpc) is 3.29. The molecule has 2 heterocycles. The van der Waals surface area contributed by atoms with Gasteiger partial charge in [-0.05, 0) is 38.2 Å². The summed E-state index contributed by atoms with van der Waals surface area (Å²) in [6.07, 6.45) is 2.30. The Morgan fingerprint density at radius 2 is 1.60 bits per heavy atom. The third kappa shape index (κ3) is 6.33. The van der Waals surface area contributed by atoms with Gasteiger partial charge in [-0.1, -0.05) is 36.8 Å². The summed E-state index contributed by atoms with van der Waals surface area (Å²) >= 11 is 0. The number of amides is 1. The molecule has 2 aliphatic heterocycles. The SMILES string of the molecule is CN=C(NCC(C)c1ccc(C)cc1)N1CCN(C(C)C(=O)N2CCCC2)CC1.I. The van der Waals surface area contributed by atoms with Gasteiger partial charge in [-0.3, -0.25) is 14.7 Å². The summed E-state index contributed by atoms with van der Waals surface area (Å²) in [6, 6.07) is 8.74. The van der Waals surface area contributed by atoms with Gasteiger partial charge in [0.15, 0.2) is 5.96 Å². The van der Waals surface area contributed by atoms with E-state index in [0.29, 0.717) is 11.8 Å². The van der Waals surface area contributed by atoms with Gasteiger partial charge in [0, 0.05) is 52.9 Å². The highest BCUT2D eigenvalue weighted by molar-refractivity contribution is 14.0. The zero-order valence-electron chi connectivity index (χ0n) is 18.9. The first kappa shape index (κ1) is 24.9. The maximum atomic E-state index is 12.7. The zero-order chi connectivity index (χ0) is 20.8. The first-order valence-corrected chi connectivity index (χ1v) is 11.0. The number of hydrogen-bond acceptors (Lipinski definition) is 3. The number of carbonyl (C=O) groups is 1. The highest BCUT2D eigenvalue weighted by atomic mass is 127. The minimum Gasteiger partial charge on any atom is -0.356 e. The van der Waals surface area contributed by atoms with Gasteiger partial charge >= 0.3 is 0 Å². The van der Waals surface area contributed by atoms with Crippen molar-refractivity contribution in [1.29, 1.82) is 0 Å². The Morgan fingerprint density at radius 1 is 1.00 bits per heavy atom. The van der Waals surface area contributed by atoms with Crippen LogP contribution >= 0.6 is 24.0 Å². The van der Waals surface area contributed by atoms with Crippen molar-refractivity contribution < 1.29 is 4.79 Å². The van der Waals surface area contributed by atoms with Crippen LogP contribution in [0.1, 0.15) is 43.7 Å². The molecule has 2 fully saturated rings. The first-order valence-electron chi connectivity index (χ1n) is 11.0. The molecule has 6 nitrogen and oxygen atoms in total. The maximum Gasteiger partial charge on any atom is 0.239 e. The van der Waals surface area contributed by atoms with Crippen LogP contribution in [0.2, 0.25) is 0 Å². The van der Waals surface area contributed by atoms with Crippen LogP contribution in [0, 0.1) is 6.92 Å². The van der Waals surface area contributed by atoms with Crippen molar-refractivity contribution in [2.45, 2.75) is 45.6 Å². The lowest BCUT2D eigenvalue weighted by Gasteiger charge is -2.39. The molecule has 0 bridgehead atoms. The van der Waals surface area contributed by atoms with Crippen LogP contribution in [0.5, 0.6) is 0 Å². The van der Waals surface area contributed by atoms with Gasteiger partial charge in [0.1, 0.15) is 0 Å². The molecule has 1 aromatic rings. The molecule has 3 rings (SSSR count). The van der Waals surface area contributed by atoms with Crippen LogP contribution in [0.15, 0.2) is 29.3 Å². The molecule has 2 atom stereocenters. The van der Waals surface area contributed by atoms with E-state index in [1.807, 2.05) is 11.9 Å². The Kier molecular flexibility index (Phi) is 9.87. The minimum atomic E-state index is -0.0215. The number of carbonyl (C=O) groups excluding carboxylic acids is 1. The van der Waals surface area contributed by atoms with Crippen molar-refractivity contribution in [2.75, 3.05) is 52.9 Å². The van der Waals surface area contributed by atoms with E-state index in [2.05, 4.69) is 65.1 Å². The van der Waals surface area contributed by atoms with Gasteiger partial charge in [-0.15, -0.1) is 24.0 Å². The van der Waals surface area contributed by atoms with E-state index in [9.17, 15) is 4.79 Å². The lowest BCUT2D eigenvalue weighted by molar-refractivity contribution is -0.135. The second kappa shape index (κ2) is 11.9. The van der Waals surface area contributed by atoms with Gasteiger partial charge in [0.25, 0.3) is 0 Å². The Bertz CT molecular complexity index is 694. The number of halogens is 1. The quantitative estimate of drug-likeness (QED) is 0.364. The van der Waals surface area contributed by atoms with Crippen LogP contribution in [-0.4, -0.2) is 85.5 Å². The topological polar surface area (TPSA) is 51.2 Å². The lowest BCUT2D eigenvalue weighted by Crippen LogP contribution is -2.57. The Balaban J connectivity index is 0.00000320.